The summed E-state index contributed by atoms with van der Waals surface area (Å²) in [5.41, 5.74) is 0.945. The van der Waals surface area contributed by atoms with Gasteiger partial charge in [-0.2, -0.15) is 0 Å². The van der Waals surface area contributed by atoms with Crippen LogP contribution in [0.4, 0.5) is 0 Å². The first kappa shape index (κ1) is 24.2. The molecule has 21 aliphatic rings. The van der Waals surface area contributed by atoms with E-state index in [1.807, 2.05) is 0 Å². The first-order valence-corrected chi connectivity index (χ1v) is 20.6. The van der Waals surface area contributed by atoms with Gasteiger partial charge in [0.1, 0.15) is 0 Å². The van der Waals surface area contributed by atoms with Gasteiger partial charge in [0.15, 0.2) is 0 Å². The van der Waals surface area contributed by atoms with E-state index in [0.717, 1.165) is 5.41 Å². The van der Waals surface area contributed by atoms with Crippen LogP contribution in [0.25, 0.3) is 0 Å². The van der Waals surface area contributed by atoms with Crippen LogP contribution in [0, 0.1) is 136 Å². The topological polar surface area (TPSA) is 0 Å². The molecule has 0 aliphatic heterocycles. The molecule has 21 aliphatic carbocycles. The summed E-state index contributed by atoms with van der Waals surface area (Å²) >= 11 is 0. The molecule has 4 unspecified atom stereocenters. The van der Waals surface area contributed by atoms with Gasteiger partial charge in [0.05, 0.1) is 0 Å². The Balaban J connectivity index is 0.0000000778. The van der Waals surface area contributed by atoms with Crippen LogP contribution in [0.15, 0.2) is 0 Å². The Morgan fingerprint density at radius 1 is 0.214 bits per heavy atom. The third kappa shape index (κ3) is 2.85. The molecule has 0 aromatic heterocycles. The summed E-state index contributed by atoms with van der Waals surface area (Å²) in [5, 5.41) is 0. The van der Waals surface area contributed by atoms with E-state index in [-0.39, 0.29) is 0 Å². The van der Waals surface area contributed by atoms with E-state index in [2.05, 4.69) is 0 Å². The minimum Gasteiger partial charge on any atom is -0.0475 e. The van der Waals surface area contributed by atoms with Crippen molar-refractivity contribution in [3.63, 3.8) is 0 Å². The van der Waals surface area contributed by atoms with Crippen LogP contribution in [0.5, 0.6) is 0 Å². The van der Waals surface area contributed by atoms with Crippen molar-refractivity contribution in [1.29, 1.82) is 0 Å². The lowest BCUT2D eigenvalue weighted by molar-refractivity contribution is -0.347. The number of hydrogen-bond acceptors (Lipinski definition) is 0. The normalized spacial score (nSPS) is 72.0. The van der Waals surface area contributed by atoms with E-state index in [1.54, 1.807) is 122 Å². The fourth-order valence-electron chi connectivity index (χ4n) is 21.2. The van der Waals surface area contributed by atoms with E-state index in [0.29, 0.717) is 0 Å². The Morgan fingerprint density at radius 2 is 0.452 bits per heavy atom. The maximum atomic E-state index is 1.71. The minimum atomic E-state index is 0.945. The second-order valence-electron chi connectivity index (χ2n) is 21.6. The van der Waals surface area contributed by atoms with Gasteiger partial charge in [0, 0.05) is 0 Å². The van der Waals surface area contributed by atoms with Gasteiger partial charge in [-0.3, -0.25) is 0 Å². The third-order valence-corrected chi connectivity index (χ3v) is 20.6. The summed E-state index contributed by atoms with van der Waals surface area (Å²) in [6.07, 6.45) is 31.4. The SMILES string of the molecule is C1C2C3CC4CC2C2C5CC6CC(C15)C3C2(C4)C6.C1C2CC3C4CC5CC(C14)C(C2)C3C5.C1C2CC3CC1CC(C2)C3. The molecule has 21 rings (SSSR count). The van der Waals surface area contributed by atoms with Crippen molar-refractivity contribution in [3.05, 3.63) is 0 Å². The van der Waals surface area contributed by atoms with Crippen LogP contribution in [0.2, 0.25) is 0 Å². The van der Waals surface area contributed by atoms with E-state index in [1.165, 1.54) is 130 Å². The molecule has 0 heteroatoms. The highest BCUT2D eigenvalue weighted by atomic mass is 14.8. The molecule has 1 spiro atoms. The van der Waals surface area contributed by atoms with Gasteiger partial charge >= 0.3 is 0 Å². The molecule has 0 heterocycles. The maximum Gasteiger partial charge on any atom is -0.0225 e. The molecule has 0 saturated heterocycles. The van der Waals surface area contributed by atoms with Crippen LogP contribution in [-0.2, 0) is 0 Å². The van der Waals surface area contributed by atoms with Crippen molar-refractivity contribution >= 4 is 0 Å². The van der Waals surface area contributed by atoms with Crippen molar-refractivity contribution in [1.82, 2.24) is 0 Å². The molecular weight excluding hydrogens is 504 g/mol. The molecule has 0 N–H and O–H groups in total. The van der Waals surface area contributed by atoms with E-state index < -0.39 is 0 Å². The lowest BCUT2D eigenvalue weighted by atomic mass is 9.22. The Hall–Kier alpha value is 0. The predicted molar refractivity (Wildman–Crippen MR) is 167 cm³/mol. The smallest absolute Gasteiger partial charge is 0.0225 e. The summed E-state index contributed by atoms with van der Waals surface area (Å²) in [6, 6.07) is 0. The second kappa shape index (κ2) is 7.92. The van der Waals surface area contributed by atoms with Gasteiger partial charge in [0.25, 0.3) is 0 Å². The van der Waals surface area contributed by atoms with Crippen molar-refractivity contribution in [2.75, 3.05) is 0 Å². The van der Waals surface area contributed by atoms with Crippen LogP contribution in [0.1, 0.15) is 122 Å². The van der Waals surface area contributed by atoms with Crippen molar-refractivity contribution in [3.8, 4) is 0 Å². The Bertz CT molecular complexity index is 964. The summed E-state index contributed by atoms with van der Waals surface area (Å²) in [6.45, 7) is 0. The molecule has 21 saturated carbocycles. The van der Waals surface area contributed by atoms with E-state index >= 15 is 0 Å². The van der Waals surface area contributed by atoms with Gasteiger partial charge in [-0.15, -0.1) is 0 Å². The summed E-state index contributed by atoms with van der Waals surface area (Å²) < 4.78 is 0. The summed E-state index contributed by atoms with van der Waals surface area (Å²) in [4.78, 5) is 0. The number of rotatable bonds is 0. The zero-order valence-electron chi connectivity index (χ0n) is 26.6. The van der Waals surface area contributed by atoms with Crippen molar-refractivity contribution < 1.29 is 0 Å². The fraction of sp³-hybridized carbons (Fsp3) is 1.00. The molecule has 23 bridgehead atoms. The quantitative estimate of drug-likeness (QED) is 0.275. The molecule has 21 fully saturated rings. The van der Waals surface area contributed by atoms with Crippen LogP contribution >= 0.6 is 0 Å². The molecule has 42 heavy (non-hydrogen) atoms. The van der Waals surface area contributed by atoms with Gasteiger partial charge < -0.3 is 0 Å². The monoisotopic (exact) mass is 564 g/mol. The van der Waals surface area contributed by atoms with Crippen LogP contribution in [0.3, 0.4) is 0 Å². The highest BCUT2D eigenvalue weighted by Gasteiger charge is 2.78. The maximum absolute atomic E-state index is 1.71. The zero-order valence-corrected chi connectivity index (χ0v) is 26.6. The molecular formula is C42H60. The minimum absolute atomic E-state index is 0.945. The molecule has 4 atom stereocenters. The number of hydrogen-bond donors (Lipinski definition) is 0. The van der Waals surface area contributed by atoms with E-state index in [9.17, 15) is 0 Å². The Kier molecular flexibility index (Phi) is 4.57. The van der Waals surface area contributed by atoms with Crippen molar-refractivity contribution in [2.24, 2.45) is 136 Å². The van der Waals surface area contributed by atoms with Crippen molar-refractivity contribution in [2.45, 2.75) is 122 Å². The van der Waals surface area contributed by atoms with Gasteiger partial charge in [0.2, 0.25) is 0 Å². The highest BCUT2D eigenvalue weighted by molar-refractivity contribution is 5.26. The molecule has 228 valence electrons. The second-order valence-corrected chi connectivity index (χ2v) is 21.6. The predicted octanol–water partition coefficient (Wildman–Crippen LogP) is 10.1. The van der Waals surface area contributed by atoms with Gasteiger partial charge in [-0.05, 0) is 258 Å². The molecule has 0 nitrogen and oxygen atoms in total. The lowest BCUT2D eigenvalue weighted by Gasteiger charge is -2.83. The molecule has 0 radical (unpaired) electrons. The van der Waals surface area contributed by atoms with Crippen LogP contribution < -0.4 is 0 Å². The third-order valence-electron chi connectivity index (χ3n) is 20.6. The van der Waals surface area contributed by atoms with Gasteiger partial charge in [-0.1, -0.05) is 0 Å². The van der Waals surface area contributed by atoms with Crippen LogP contribution in [-0.4, -0.2) is 0 Å². The highest BCUT2D eigenvalue weighted by Crippen LogP contribution is 2.84. The molecule has 0 aromatic rings. The average molecular weight is 565 g/mol. The van der Waals surface area contributed by atoms with Gasteiger partial charge in [-0.25, -0.2) is 0 Å². The Morgan fingerprint density at radius 3 is 0.762 bits per heavy atom. The summed E-state index contributed by atoms with van der Waals surface area (Å²) in [7, 11) is 0. The zero-order chi connectivity index (χ0) is 26.6. The first-order chi connectivity index (χ1) is 20.6. The molecule has 0 amide bonds. The largest absolute Gasteiger partial charge is 0.0475 e. The lowest BCUT2D eigenvalue weighted by Crippen LogP contribution is -2.77. The standard InChI is InChI=1S/C18H24.C14H20.C10H16/c1-8-2-13-10-5-11-14-3-9-4-15(11)17(13)18(6-8,7-9)16(14)12(1)10;1-7-2-12-10-4-8-5-11(9(1)10)13(3-7)14(12)6-8;1-7-2-9-4-8(1)5-10(3-7)6-9/h8-17H,1-7H2;7-14H,1-6H2;7-10H,1-6H2. The summed E-state index contributed by atoms with van der Waals surface area (Å²) in [5.74, 6) is 26.8. The van der Waals surface area contributed by atoms with E-state index in [4.69, 9.17) is 0 Å². The average Bonchev–Trinajstić information content (AvgIpc) is 2.98. The first-order valence-electron chi connectivity index (χ1n) is 20.6. The fourth-order valence-corrected chi connectivity index (χ4v) is 21.2. The molecule has 0 aromatic carbocycles. The Labute approximate surface area is 257 Å².